The van der Waals surface area contributed by atoms with E-state index in [1.807, 2.05) is 25.1 Å². The molecule has 5 rings (SSSR count). The normalized spacial score (nSPS) is 13.7. The molecule has 0 bridgehead atoms. The van der Waals surface area contributed by atoms with Crippen molar-refractivity contribution in [2.24, 2.45) is 4.99 Å². The van der Waals surface area contributed by atoms with E-state index in [2.05, 4.69) is 4.99 Å². The number of hydrogen-bond acceptors (Lipinski definition) is 7. The summed E-state index contributed by atoms with van der Waals surface area (Å²) in [5.41, 5.74) is 2.54. The molecule has 0 aliphatic carbocycles. The number of amides is 1. The van der Waals surface area contributed by atoms with Crippen LogP contribution < -0.4 is 9.11 Å². The first-order chi connectivity index (χ1) is 18.3. The molecule has 2 heterocycles. The van der Waals surface area contributed by atoms with Crippen LogP contribution in [0.2, 0.25) is 0 Å². The molecule has 1 amide bonds. The Morgan fingerprint density at radius 2 is 1.89 bits per heavy atom. The summed E-state index contributed by atoms with van der Waals surface area (Å²) in [7, 11) is -3.78. The van der Waals surface area contributed by atoms with Crippen molar-refractivity contribution in [1.29, 1.82) is 0 Å². The monoisotopic (exact) mass is 552 g/mol. The molecule has 12 heteroatoms. The van der Waals surface area contributed by atoms with Crippen molar-refractivity contribution in [1.82, 2.24) is 4.57 Å². The molecular formula is C26H24N4O6S2. The Balaban J connectivity index is 1.46. The van der Waals surface area contributed by atoms with E-state index in [1.165, 1.54) is 52.0 Å². The first-order valence-electron chi connectivity index (χ1n) is 11.9. The maximum absolute atomic E-state index is 13.3. The third-order valence-corrected chi connectivity index (χ3v) is 9.14. The molecule has 0 fully saturated rings. The van der Waals surface area contributed by atoms with Crippen LogP contribution in [0, 0.1) is 10.1 Å². The Bertz CT molecular complexity index is 1710. The number of aromatic nitrogens is 1. The Hall–Kier alpha value is -3.87. The van der Waals surface area contributed by atoms with Gasteiger partial charge >= 0.3 is 0 Å². The van der Waals surface area contributed by atoms with Crippen LogP contribution in [0.15, 0.2) is 76.6 Å². The Labute approximate surface area is 222 Å². The van der Waals surface area contributed by atoms with Gasteiger partial charge in [0.15, 0.2) is 4.80 Å². The standard InChI is InChI=1S/C26H24N4O6S2/c1-2-36-16-15-28-23-12-9-20(30(32)33)17-24(23)37-26(28)27-25(31)19-7-10-21(11-8-19)38(34,35)29-14-13-18-5-3-4-6-22(18)29/h3-12,17H,2,13-16H2,1H3. The molecule has 196 valence electrons. The van der Waals surface area contributed by atoms with Gasteiger partial charge < -0.3 is 9.30 Å². The fraction of sp³-hybridized carbons (Fsp3) is 0.231. The molecule has 4 aromatic rings. The smallest absolute Gasteiger partial charge is 0.279 e. The molecule has 0 spiro atoms. The lowest BCUT2D eigenvalue weighted by Crippen LogP contribution is -2.29. The van der Waals surface area contributed by atoms with Crippen molar-refractivity contribution in [2.45, 2.75) is 24.8 Å². The van der Waals surface area contributed by atoms with Crippen LogP contribution in [0.25, 0.3) is 10.2 Å². The van der Waals surface area contributed by atoms with Crippen LogP contribution >= 0.6 is 11.3 Å². The molecule has 1 aliphatic heterocycles. The maximum Gasteiger partial charge on any atom is 0.279 e. The summed E-state index contributed by atoms with van der Waals surface area (Å²) in [6, 6.07) is 17.6. The average molecular weight is 553 g/mol. The molecule has 0 unspecified atom stereocenters. The van der Waals surface area contributed by atoms with Gasteiger partial charge in [-0.2, -0.15) is 4.99 Å². The number of anilines is 1. The number of nitrogens with zero attached hydrogens (tertiary/aromatic N) is 4. The molecule has 1 aliphatic rings. The van der Waals surface area contributed by atoms with E-state index in [9.17, 15) is 23.3 Å². The molecule has 1 aromatic heterocycles. The van der Waals surface area contributed by atoms with Crippen LogP contribution in [0.4, 0.5) is 11.4 Å². The summed E-state index contributed by atoms with van der Waals surface area (Å²) in [6.07, 6.45) is 0.645. The number of thiazole rings is 1. The maximum atomic E-state index is 13.3. The van der Waals surface area contributed by atoms with Gasteiger partial charge in [0.1, 0.15) is 0 Å². The van der Waals surface area contributed by atoms with Crippen LogP contribution in [0.5, 0.6) is 0 Å². The van der Waals surface area contributed by atoms with E-state index in [4.69, 9.17) is 4.74 Å². The second kappa shape index (κ2) is 10.5. The van der Waals surface area contributed by atoms with Crippen molar-refractivity contribution in [3.63, 3.8) is 0 Å². The lowest BCUT2D eigenvalue weighted by atomic mass is 10.2. The lowest BCUT2D eigenvalue weighted by molar-refractivity contribution is -0.384. The van der Waals surface area contributed by atoms with E-state index < -0.39 is 20.9 Å². The number of nitro groups is 1. The number of sulfonamides is 1. The van der Waals surface area contributed by atoms with Gasteiger partial charge in [-0.25, -0.2) is 8.42 Å². The van der Waals surface area contributed by atoms with Crippen molar-refractivity contribution in [2.75, 3.05) is 24.1 Å². The lowest BCUT2D eigenvalue weighted by Gasteiger charge is -2.19. The largest absolute Gasteiger partial charge is 0.380 e. The minimum atomic E-state index is -3.78. The van der Waals surface area contributed by atoms with Crippen LogP contribution in [0.3, 0.4) is 0 Å². The topological polar surface area (TPSA) is 124 Å². The number of rotatable bonds is 8. The van der Waals surface area contributed by atoms with Crippen molar-refractivity contribution < 1.29 is 22.9 Å². The van der Waals surface area contributed by atoms with Gasteiger partial charge in [0.2, 0.25) is 0 Å². The zero-order valence-corrected chi connectivity index (χ0v) is 22.1. The summed E-state index contributed by atoms with van der Waals surface area (Å²) in [5, 5.41) is 11.2. The minimum Gasteiger partial charge on any atom is -0.380 e. The third-order valence-electron chi connectivity index (χ3n) is 6.27. The molecule has 3 aromatic carbocycles. The summed E-state index contributed by atoms with van der Waals surface area (Å²) >= 11 is 1.17. The van der Waals surface area contributed by atoms with Crippen molar-refractivity contribution >= 4 is 48.9 Å². The van der Waals surface area contributed by atoms with Gasteiger partial charge in [-0.15, -0.1) is 0 Å². The van der Waals surface area contributed by atoms with Gasteiger partial charge in [-0.05, 0) is 55.3 Å². The van der Waals surface area contributed by atoms with Gasteiger partial charge in [0.25, 0.3) is 21.6 Å². The van der Waals surface area contributed by atoms with E-state index in [0.29, 0.717) is 53.4 Å². The fourth-order valence-corrected chi connectivity index (χ4v) is 6.97. The quantitative estimate of drug-likeness (QED) is 0.184. The zero-order chi connectivity index (χ0) is 26.9. The number of hydrogen-bond donors (Lipinski definition) is 0. The highest BCUT2D eigenvalue weighted by molar-refractivity contribution is 7.92. The molecule has 0 saturated carbocycles. The summed E-state index contributed by atoms with van der Waals surface area (Å²) in [5.74, 6) is -0.549. The number of fused-ring (bicyclic) bond motifs is 2. The SMILES string of the molecule is CCOCCn1c(=NC(=O)c2ccc(S(=O)(=O)N3CCc4ccccc43)cc2)sc2cc([N+](=O)[O-])ccc21. The van der Waals surface area contributed by atoms with Gasteiger partial charge in [-0.1, -0.05) is 29.5 Å². The van der Waals surface area contributed by atoms with Crippen molar-refractivity contribution in [3.8, 4) is 0 Å². The van der Waals surface area contributed by atoms with Crippen LogP contribution in [0.1, 0.15) is 22.8 Å². The first-order valence-corrected chi connectivity index (χ1v) is 14.2. The number of para-hydroxylation sites is 1. The molecular weight excluding hydrogens is 528 g/mol. The third kappa shape index (κ3) is 4.85. The minimum absolute atomic E-state index is 0.0500. The highest BCUT2D eigenvalue weighted by atomic mass is 32.2. The predicted octanol–water partition coefficient (Wildman–Crippen LogP) is 4.14. The molecule has 0 atom stereocenters. The number of benzene rings is 3. The van der Waals surface area contributed by atoms with Gasteiger partial charge in [0, 0.05) is 37.4 Å². The Kier molecular flexibility index (Phi) is 7.11. The molecule has 0 N–H and O–H groups in total. The fourth-order valence-electron chi connectivity index (χ4n) is 4.38. The molecule has 0 saturated heterocycles. The highest BCUT2D eigenvalue weighted by Gasteiger charge is 2.30. The Morgan fingerprint density at radius 3 is 2.63 bits per heavy atom. The number of ether oxygens (including phenoxy) is 1. The van der Waals surface area contributed by atoms with Crippen molar-refractivity contribution in [3.05, 3.63) is 92.8 Å². The molecule has 38 heavy (non-hydrogen) atoms. The van der Waals surface area contributed by atoms with E-state index >= 15 is 0 Å². The second-order valence-corrected chi connectivity index (χ2v) is 11.4. The number of non-ortho nitro benzene ring substituents is 1. The van der Waals surface area contributed by atoms with Gasteiger partial charge in [-0.3, -0.25) is 19.2 Å². The van der Waals surface area contributed by atoms with Crippen LogP contribution in [-0.4, -0.2) is 43.6 Å². The summed E-state index contributed by atoms with van der Waals surface area (Å²) < 4.78 is 35.8. The zero-order valence-electron chi connectivity index (χ0n) is 20.4. The first kappa shape index (κ1) is 25.8. The number of carbonyl (C=O) groups excluding carboxylic acids is 1. The van der Waals surface area contributed by atoms with E-state index in [-0.39, 0.29) is 16.1 Å². The van der Waals surface area contributed by atoms with E-state index in [1.54, 1.807) is 16.7 Å². The van der Waals surface area contributed by atoms with Crippen LogP contribution in [-0.2, 0) is 27.7 Å². The Morgan fingerprint density at radius 1 is 1.13 bits per heavy atom. The molecule has 0 radical (unpaired) electrons. The average Bonchev–Trinajstić information content (AvgIpc) is 3.50. The number of carbonyl (C=O) groups is 1. The predicted molar refractivity (Wildman–Crippen MR) is 144 cm³/mol. The van der Waals surface area contributed by atoms with Gasteiger partial charge in [0.05, 0.1) is 32.3 Å². The highest BCUT2D eigenvalue weighted by Crippen LogP contribution is 2.32. The summed E-state index contributed by atoms with van der Waals surface area (Å²) in [6.45, 7) is 3.56. The second-order valence-electron chi connectivity index (χ2n) is 8.54. The van der Waals surface area contributed by atoms with E-state index in [0.717, 1.165) is 5.56 Å². The number of nitro benzene ring substituents is 1. The molecule has 10 nitrogen and oxygen atoms in total. The summed E-state index contributed by atoms with van der Waals surface area (Å²) in [4.78, 5) is 28.5.